The molecule has 0 N–H and O–H groups in total. The van der Waals surface area contributed by atoms with Crippen LogP contribution in [0.5, 0.6) is 0 Å². The third-order valence-electron chi connectivity index (χ3n) is 0.654. The number of hydrogen-bond donors (Lipinski definition) is 0. The number of carbonyl (C=O) groups is 1. The summed E-state index contributed by atoms with van der Waals surface area (Å²) in [5.74, 6) is -1.54. The standard InChI is InChI=1S/C5HCl4NO2/c6-3(7)2(1-10)12-5(11)4(8)9/h4H. The number of allylic oxidation sites excluding steroid dienone is 1. The zero-order valence-electron chi connectivity index (χ0n) is 5.35. The normalized spacial score (nSPS) is 9.00. The first kappa shape index (κ1) is 11.9. The maximum Gasteiger partial charge on any atom is 0.345 e. The van der Waals surface area contributed by atoms with Gasteiger partial charge in [0.1, 0.15) is 6.07 Å². The van der Waals surface area contributed by atoms with Gasteiger partial charge in [0.05, 0.1) is 0 Å². The minimum absolute atomic E-state index is 0.458. The summed E-state index contributed by atoms with van der Waals surface area (Å²) in [5, 5.41) is 8.29. The molecule has 0 amide bonds. The van der Waals surface area contributed by atoms with E-state index < -0.39 is 21.1 Å². The molecule has 12 heavy (non-hydrogen) atoms. The second-order valence-electron chi connectivity index (χ2n) is 1.42. The molecule has 0 fully saturated rings. The number of esters is 1. The van der Waals surface area contributed by atoms with Crippen molar-refractivity contribution in [3.05, 3.63) is 10.3 Å². The monoisotopic (exact) mass is 247 g/mol. The fraction of sp³-hybridized carbons (Fsp3) is 0.200. The van der Waals surface area contributed by atoms with E-state index in [2.05, 4.69) is 4.74 Å². The molecule has 0 atom stereocenters. The molecule has 0 rings (SSSR count). The summed E-state index contributed by atoms with van der Waals surface area (Å²) in [6.07, 6.45) is 0. The molecule has 0 saturated heterocycles. The van der Waals surface area contributed by atoms with Gasteiger partial charge >= 0.3 is 5.97 Å². The van der Waals surface area contributed by atoms with Gasteiger partial charge in [-0.05, 0) is 0 Å². The fourth-order valence-corrected chi connectivity index (χ4v) is 0.500. The maximum atomic E-state index is 10.6. The molecule has 0 aliphatic heterocycles. The van der Waals surface area contributed by atoms with E-state index in [9.17, 15) is 4.79 Å². The number of alkyl halides is 2. The van der Waals surface area contributed by atoms with Crippen LogP contribution in [-0.2, 0) is 9.53 Å². The van der Waals surface area contributed by atoms with E-state index in [4.69, 9.17) is 51.7 Å². The second-order valence-corrected chi connectivity index (χ2v) is 3.47. The van der Waals surface area contributed by atoms with Crippen LogP contribution in [0.1, 0.15) is 0 Å². The lowest BCUT2D eigenvalue weighted by Crippen LogP contribution is -2.11. The van der Waals surface area contributed by atoms with Gasteiger partial charge in [-0.3, -0.25) is 0 Å². The van der Waals surface area contributed by atoms with E-state index in [0.29, 0.717) is 0 Å². The molecular weight excluding hydrogens is 248 g/mol. The minimum Gasteiger partial charge on any atom is -0.410 e. The third kappa shape index (κ3) is 4.03. The van der Waals surface area contributed by atoms with Gasteiger partial charge in [-0.15, -0.1) is 0 Å². The molecule has 0 aromatic heterocycles. The van der Waals surface area contributed by atoms with Crippen molar-refractivity contribution >= 4 is 52.4 Å². The van der Waals surface area contributed by atoms with Crippen molar-refractivity contribution in [1.82, 2.24) is 0 Å². The number of hydrogen-bond acceptors (Lipinski definition) is 3. The Morgan fingerprint density at radius 2 is 1.92 bits per heavy atom. The van der Waals surface area contributed by atoms with E-state index in [1.165, 1.54) is 6.07 Å². The largest absolute Gasteiger partial charge is 0.410 e. The Kier molecular flexibility index (Phi) is 5.43. The van der Waals surface area contributed by atoms with E-state index in [0.717, 1.165) is 0 Å². The quantitative estimate of drug-likeness (QED) is 0.327. The number of halogens is 4. The molecule has 0 saturated carbocycles. The van der Waals surface area contributed by atoms with Gasteiger partial charge in [0.15, 0.2) is 4.49 Å². The molecule has 0 aromatic rings. The van der Waals surface area contributed by atoms with Crippen LogP contribution in [0.2, 0.25) is 0 Å². The van der Waals surface area contributed by atoms with Crippen LogP contribution in [0.25, 0.3) is 0 Å². The summed E-state index contributed by atoms with van der Waals surface area (Å²) in [4.78, 5) is 9.25. The average molecular weight is 249 g/mol. The van der Waals surface area contributed by atoms with Crippen molar-refractivity contribution in [2.24, 2.45) is 0 Å². The molecule has 0 bridgehead atoms. The van der Waals surface area contributed by atoms with E-state index in [1.807, 2.05) is 0 Å². The van der Waals surface area contributed by atoms with Gasteiger partial charge in [0, 0.05) is 0 Å². The van der Waals surface area contributed by atoms with Crippen LogP contribution >= 0.6 is 46.4 Å². The highest BCUT2D eigenvalue weighted by atomic mass is 35.5. The minimum atomic E-state index is -1.37. The molecule has 0 aromatic carbocycles. The SMILES string of the molecule is N#CC(OC(=O)C(Cl)Cl)=C(Cl)Cl. The lowest BCUT2D eigenvalue weighted by molar-refractivity contribution is -0.136. The predicted molar refractivity (Wildman–Crippen MR) is 45.9 cm³/mol. The summed E-state index contributed by atoms with van der Waals surface area (Å²) in [6.45, 7) is 0. The number of nitriles is 1. The summed E-state index contributed by atoms with van der Waals surface area (Å²) < 4.78 is 3.82. The Morgan fingerprint density at radius 1 is 1.42 bits per heavy atom. The van der Waals surface area contributed by atoms with Gasteiger partial charge in [-0.2, -0.15) is 5.26 Å². The Hall–Kier alpha value is -0.140. The Morgan fingerprint density at radius 3 is 2.17 bits per heavy atom. The first-order valence-electron chi connectivity index (χ1n) is 2.44. The zero-order valence-corrected chi connectivity index (χ0v) is 8.38. The van der Waals surface area contributed by atoms with Crippen LogP contribution in [0.15, 0.2) is 10.3 Å². The Balaban J connectivity index is 4.37. The molecular formula is C5HCl4NO2. The van der Waals surface area contributed by atoms with Crippen molar-refractivity contribution in [2.45, 2.75) is 4.84 Å². The summed E-state index contributed by atoms with van der Waals surface area (Å²) in [7, 11) is 0. The van der Waals surface area contributed by atoms with Crippen molar-refractivity contribution in [1.29, 1.82) is 5.26 Å². The van der Waals surface area contributed by atoms with Gasteiger partial charge < -0.3 is 4.74 Å². The third-order valence-corrected chi connectivity index (χ3v) is 1.35. The summed E-state index contributed by atoms with van der Waals surface area (Å²) >= 11 is 20.5. The Labute approximate surface area is 88.4 Å². The van der Waals surface area contributed by atoms with E-state index in [-0.39, 0.29) is 0 Å². The first-order valence-corrected chi connectivity index (χ1v) is 4.07. The highest BCUT2D eigenvalue weighted by molar-refractivity contribution is 6.56. The fourth-order valence-electron chi connectivity index (χ4n) is 0.249. The van der Waals surface area contributed by atoms with Crippen LogP contribution in [0.3, 0.4) is 0 Å². The number of carbonyl (C=O) groups excluding carboxylic acids is 1. The van der Waals surface area contributed by atoms with Crippen LogP contribution in [0, 0.1) is 11.3 Å². The number of nitrogens with zero attached hydrogens (tertiary/aromatic N) is 1. The van der Waals surface area contributed by atoms with Crippen molar-refractivity contribution in [2.75, 3.05) is 0 Å². The van der Waals surface area contributed by atoms with Gasteiger partial charge in [0.25, 0.3) is 0 Å². The summed E-state index contributed by atoms with van der Waals surface area (Å²) in [6, 6.07) is 1.44. The van der Waals surface area contributed by atoms with Gasteiger partial charge in [0.2, 0.25) is 10.6 Å². The number of ether oxygens (including phenoxy) is 1. The molecule has 3 nitrogen and oxygen atoms in total. The molecule has 7 heteroatoms. The van der Waals surface area contributed by atoms with Crippen molar-refractivity contribution in [3.8, 4) is 6.07 Å². The lowest BCUT2D eigenvalue weighted by atomic mass is 10.6. The first-order chi connectivity index (χ1) is 5.49. The van der Waals surface area contributed by atoms with E-state index >= 15 is 0 Å². The van der Waals surface area contributed by atoms with Gasteiger partial charge in [-0.1, -0.05) is 46.4 Å². The van der Waals surface area contributed by atoms with Crippen LogP contribution < -0.4 is 0 Å². The van der Waals surface area contributed by atoms with Crippen molar-refractivity contribution < 1.29 is 9.53 Å². The molecule has 0 aliphatic rings. The molecule has 0 spiro atoms. The molecule has 0 heterocycles. The zero-order chi connectivity index (χ0) is 9.72. The number of rotatable bonds is 2. The highest BCUT2D eigenvalue weighted by Gasteiger charge is 2.16. The predicted octanol–water partition coefficient (Wildman–Crippen LogP) is 2.50. The Bertz CT molecular complexity index is 251. The van der Waals surface area contributed by atoms with Crippen molar-refractivity contribution in [3.63, 3.8) is 0 Å². The van der Waals surface area contributed by atoms with Crippen LogP contribution in [-0.4, -0.2) is 10.8 Å². The maximum absolute atomic E-state index is 10.6. The average Bonchev–Trinajstić information content (AvgIpc) is 1.98. The highest BCUT2D eigenvalue weighted by Crippen LogP contribution is 2.16. The van der Waals surface area contributed by atoms with Gasteiger partial charge in [-0.25, -0.2) is 4.79 Å². The van der Waals surface area contributed by atoms with Crippen LogP contribution in [0.4, 0.5) is 0 Å². The lowest BCUT2D eigenvalue weighted by Gasteiger charge is -2.01. The molecule has 0 radical (unpaired) electrons. The smallest absolute Gasteiger partial charge is 0.345 e. The molecule has 66 valence electrons. The van der Waals surface area contributed by atoms with E-state index in [1.54, 1.807) is 0 Å². The summed E-state index contributed by atoms with van der Waals surface area (Å²) in [5.41, 5.74) is 0. The molecule has 0 unspecified atom stereocenters. The molecule has 0 aliphatic carbocycles. The topological polar surface area (TPSA) is 50.1 Å². The second kappa shape index (κ2) is 5.50.